The SMILES string of the molecule is C=C(C)C(=O)OCCCCCCCCCCCOP(=O)(O)O. The zero-order valence-electron chi connectivity index (χ0n) is 13.5. The molecule has 0 spiro atoms. The van der Waals surface area contributed by atoms with Gasteiger partial charge in [0.1, 0.15) is 0 Å². The molecule has 0 rings (SSSR count). The van der Waals surface area contributed by atoms with Gasteiger partial charge in [-0.2, -0.15) is 0 Å². The van der Waals surface area contributed by atoms with Crippen LogP contribution in [-0.2, 0) is 18.6 Å². The Labute approximate surface area is 133 Å². The molecular formula is C15H29O6P. The van der Waals surface area contributed by atoms with Crippen LogP contribution in [0.15, 0.2) is 12.2 Å². The van der Waals surface area contributed by atoms with Crippen molar-refractivity contribution in [3.8, 4) is 0 Å². The van der Waals surface area contributed by atoms with Gasteiger partial charge in [0.15, 0.2) is 0 Å². The van der Waals surface area contributed by atoms with E-state index >= 15 is 0 Å². The maximum Gasteiger partial charge on any atom is 0.469 e. The number of hydrogen-bond donors (Lipinski definition) is 2. The van der Waals surface area contributed by atoms with Crippen molar-refractivity contribution in [2.24, 2.45) is 0 Å². The van der Waals surface area contributed by atoms with E-state index in [0.717, 1.165) is 51.4 Å². The Morgan fingerprint density at radius 3 is 1.73 bits per heavy atom. The molecule has 22 heavy (non-hydrogen) atoms. The molecule has 0 atom stereocenters. The number of carbonyl (C=O) groups excluding carboxylic acids is 1. The molecule has 6 nitrogen and oxygen atoms in total. The second-order valence-corrected chi connectivity index (χ2v) is 6.66. The van der Waals surface area contributed by atoms with Gasteiger partial charge in [0, 0.05) is 5.57 Å². The average molecular weight is 336 g/mol. The minimum absolute atomic E-state index is 0.118. The second-order valence-electron chi connectivity index (χ2n) is 5.42. The summed E-state index contributed by atoms with van der Waals surface area (Å²) in [5.41, 5.74) is 0.436. The van der Waals surface area contributed by atoms with Gasteiger partial charge in [0.2, 0.25) is 0 Å². The number of ether oxygens (including phenoxy) is 1. The van der Waals surface area contributed by atoms with Crippen LogP contribution < -0.4 is 0 Å². The normalized spacial score (nSPS) is 11.4. The van der Waals surface area contributed by atoms with Gasteiger partial charge >= 0.3 is 13.8 Å². The first-order valence-electron chi connectivity index (χ1n) is 7.85. The van der Waals surface area contributed by atoms with E-state index in [2.05, 4.69) is 11.1 Å². The highest BCUT2D eigenvalue weighted by Crippen LogP contribution is 2.35. The third kappa shape index (κ3) is 15.7. The molecule has 0 heterocycles. The van der Waals surface area contributed by atoms with E-state index in [1.54, 1.807) is 6.92 Å². The lowest BCUT2D eigenvalue weighted by Gasteiger charge is -2.05. The highest BCUT2D eigenvalue weighted by atomic mass is 31.2. The highest BCUT2D eigenvalue weighted by molar-refractivity contribution is 7.46. The second kappa shape index (κ2) is 12.8. The predicted octanol–water partition coefficient (Wildman–Crippen LogP) is 3.73. The lowest BCUT2D eigenvalue weighted by Crippen LogP contribution is -2.05. The summed E-state index contributed by atoms with van der Waals surface area (Å²) in [5.74, 6) is -0.317. The Morgan fingerprint density at radius 2 is 1.32 bits per heavy atom. The van der Waals surface area contributed by atoms with Crippen molar-refractivity contribution in [1.82, 2.24) is 0 Å². The molecule has 130 valence electrons. The summed E-state index contributed by atoms with van der Waals surface area (Å²) in [6, 6.07) is 0. The fraction of sp³-hybridized carbons (Fsp3) is 0.800. The van der Waals surface area contributed by atoms with E-state index in [9.17, 15) is 9.36 Å². The summed E-state index contributed by atoms with van der Waals surface area (Å²) in [6.07, 6.45) is 9.18. The zero-order valence-corrected chi connectivity index (χ0v) is 14.4. The zero-order chi connectivity index (χ0) is 16.8. The first-order valence-corrected chi connectivity index (χ1v) is 9.38. The van der Waals surface area contributed by atoms with E-state index < -0.39 is 7.82 Å². The Balaban J connectivity index is 3.16. The van der Waals surface area contributed by atoms with E-state index in [1.807, 2.05) is 0 Å². The Morgan fingerprint density at radius 1 is 0.909 bits per heavy atom. The number of phosphoric acid groups is 1. The lowest BCUT2D eigenvalue weighted by atomic mass is 10.1. The van der Waals surface area contributed by atoms with Gasteiger partial charge in [-0.25, -0.2) is 9.36 Å². The van der Waals surface area contributed by atoms with Crippen LogP contribution in [0, 0.1) is 0 Å². The molecule has 0 aliphatic rings. The number of rotatable bonds is 14. The molecule has 0 aromatic rings. The third-order valence-corrected chi connectivity index (χ3v) is 3.65. The Kier molecular flexibility index (Phi) is 12.4. The summed E-state index contributed by atoms with van der Waals surface area (Å²) < 4.78 is 19.8. The lowest BCUT2D eigenvalue weighted by molar-refractivity contribution is -0.139. The maximum atomic E-state index is 11.1. The van der Waals surface area contributed by atoms with Crippen molar-refractivity contribution < 1.29 is 28.4 Å². The Bertz CT molecular complexity index is 363. The molecule has 2 N–H and O–H groups in total. The Hall–Kier alpha value is -0.680. The van der Waals surface area contributed by atoms with Gasteiger partial charge < -0.3 is 14.5 Å². The topological polar surface area (TPSA) is 93.1 Å². The minimum Gasteiger partial charge on any atom is -0.462 e. The van der Waals surface area contributed by atoms with Crippen LogP contribution >= 0.6 is 7.82 Å². The molecule has 0 unspecified atom stereocenters. The molecule has 0 amide bonds. The summed E-state index contributed by atoms with van der Waals surface area (Å²) in [4.78, 5) is 28.1. The van der Waals surface area contributed by atoms with Gasteiger partial charge in [0.05, 0.1) is 13.2 Å². The summed E-state index contributed by atoms with van der Waals surface area (Å²) in [6.45, 7) is 5.74. The number of esters is 1. The summed E-state index contributed by atoms with van der Waals surface area (Å²) in [7, 11) is -4.29. The predicted molar refractivity (Wildman–Crippen MR) is 85.3 cm³/mol. The van der Waals surface area contributed by atoms with Crippen LogP contribution in [0.3, 0.4) is 0 Å². The number of carbonyl (C=O) groups is 1. The third-order valence-electron chi connectivity index (χ3n) is 3.13. The molecule has 7 heteroatoms. The standard InChI is InChI=1S/C15H29O6P/c1-14(2)15(16)20-12-10-8-6-4-3-5-7-9-11-13-21-22(17,18)19/h1,3-13H2,2H3,(H2,17,18,19). The van der Waals surface area contributed by atoms with E-state index in [-0.39, 0.29) is 12.6 Å². The molecule has 0 fully saturated rings. The van der Waals surface area contributed by atoms with Crippen molar-refractivity contribution >= 4 is 13.8 Å². The summed E-state index contributed by atoms with van der Waals surface area (Å²) >= 11 is 0. The van der Waals surface area contributed by atoms with Crippen LogP contribution in [0.25, 0.3) is 0 Å². The monoisotopic (exact) mass is 336 g/mol. The highest BCUT2D eigenvalue weighted by Gasteiger charge is 2.12. The average Bonchev–Trinajstić information content (AvgIpc) is 2.42. The molecule has 0 bridgehead atoms. The van der Waals surface area contributed by atoms with E-state index in [0.29, 0.717) is 18.6 Å². The van der Waals surface area contributed by atoms with Crippen molar-refractivity contribution in [2.45, 2.75) is 64.7 Å². The minimum atomic E-state index is -4.29. The molecule has 0 aromatic carbocycles. The summed E-state index contributed by atoms with van der Waals surface area (Å²) in [5, 5.41) is 0. The van der Waals surface area contributed by atoms with Crippen LogP contribution in [0.1, 0.15) is 64.7 Å². The molecule has 0 saturated heterocycles. The molecule has 0 aromatic heterocycles. The number of unbranched alkanes of at least 4 members (excludes halogenated alkanes) is 8. The van der Waals surface area contributed by atoms with E-state index in [4.69, 9.17) is 14.5 Å². The first kappa shape index (κ1) is 21.3. The molecule has 0 aliphatic heterocycles. The van der Waals surface area contributed by atoms with Gasteiger partial charge in [-0.1, -0.05) is 51.5 Å². The van der Waals surface area contributed by atoms with Crippen LogP contribution in [-0.4, -0.2) is 29.0 Å². The first-order chi connectivity index (χ1) is 10.3. The van der Waals surface area contributed by atoms with Crippen molar-refractivity contribution in [1.29, 1.82) is 0 Å². The van der Waals surface area contributed by atoms with E-state index in [1.165, 1.54) is 0 Å². The quantitative estimate of drug-likeness (QED) is 0.217. The smallest absolute Gasteiger partial charge is 0.462 e. The number of phosphoric ester groups is 1. The van der Waals surface area contributed by atoms with Crippen LogP contribution in [0.4, 0.5) is 0 Å². The molecular weight excluding hydrogens is 307 g/mol. The van der Waals surface area contributed by atoms with Gasteiger partial charge in [0.25, 0.3) is 0 Å². The number of hydrogen-bond acceptors (Lipinski definition) is 4. The molecule has 0 radical (unpaired) electrons. The van der Waals surface area contributed by atoms with Crippen molar-refractivity contribution in [3.05, 3.63) is 12.2 Å². The fourth-order valence-corrected chi connectivity index (χ4v) is 2.28. The largest absolute Gasteiger partial charge is 0.469 e. The maximum absolute atomic E-state index is 11.1. The van der Waals surface area contributed by atoms with Gasteiger partial charge in [-0.3, -0.25) is 4.52 Å². The molecule has 0 saturated carbocycles. The van der Waals surface area contributed by atoms with Crippen molar-refractivity contribution in [3.63, 3.8) is 0 Å². The molecule has 0 aliphatic carbocycles. The van der Waals surface area contributed by atoms with Gasteiger partial charge in [-0.05, 0) is 19.8 Å². The van der Waals surface area contributed by atoms with Crippen molar-refractivity contribution in [2.75, 3.05) is 13.2 Å². The van der Waals surface area contributed by atoms with Crippen LogP contribution in [0.5, 0.6) is 0 Å². The fourth-order valence-electron chi connectivity index (χ4n) is 1.91. The van der Waals surface area contributed by atoms with Crippen LogP contribution in [0.2, 0.25) is 0 Å². The van der Waals surface area contributed by atoms with Gasteiger partial charge in [-0.15, -0.1) is 0 Å².